The van der Waals surface area contributed by atoms with Crippen LogP contribution in [0.25, 0.3) is 0 Å². The summed E-state index contributed by atoms with van der Waals surface area (Å²) in [6.07, 6.45) is 11.4. The van der Waals surface area contributed by atoms with Crippen molar-refractivity contribution in [1.29, 1.82) is 0 Å². The van der Waals surface area contributed by atoms with Crippen LogP contribution in [0.5, 0.6) is 0 Å². The number of aryl methyl sites for hydroxylation is 1. The Labute approximate surface area is 150 Å². The third-order valence-corrected chi connectivity index (χ3v) is 5.96. The first kappa shape index (κ1) is 18.4. The Bertz CT molecular complexity index is 564. The number of nitrogens with one attached hydrogen (secondary N) is 2. The van der Waals surface area contributed by atoms with Crippen LogP contribution in [0.4, 0.5) is 0 Å². The highest BCUT2D eigenvalue weighted by Crippen LogP contribution is 2.34. The standard InChI is InChI=1S/C19H32N4O2/c1-14-9-5-6-10-16(14)22-17(24)13-20-19(11-7-3-4-8-12-19)18-21-15(2)25-23-18/h14,16,20H,3-13H2,1-2H3,(H,22,24)/t14-,16-/m0/s1. The van der Waals surface area contributed by atoms with E-state index < -0.39 is 0 Å². The van der Waals surface area contributed by atoms with Crippen molar-refractivity contribution in [3.63, 3.8) is 0 Å². The van der Waals surface area contributed by atoms with Crippen LogP contribution in [0.3, 0.4) is 0 Å². The molecule has 1 aromatic rings. The zero-order chi connectivity index (χ0) is 17.7. The number of amides is 1. The van der Waals surface area contributed by atoms with Gasteiger partial charge in [0.15, 0.2) is 5.82 Å². The highest BCUT2D eigenvalue weighted by Gasteiger charge is 2.37. The van der Waals surface area contributed by atoms with Gasteiger partial charge in [-0.1, -0.05) is 50.6 Å². The molecule has 3 rings (SSSR count). The number of carbonyl (C=O) groups excluding carboxylic acids is 1. The van der Waals surface area contributed by atoms with Gasteiger partial charge in [0.25, 0.3) is 0 Å². The molecule has 0 spiro atoms. The minimum atomic E-state index is -0.330. The van der Waals surface area contributed by atoms with E-state index in [9.17, 15) is 4.79 Å². The van der Waals surface area contributed by atoms with Crippen LogP contribution in [0.15, 0.2) is 4.52 Å². The van der Waals surface area contributed by atoms with Crippen molar-refractivity contribution < 1.29 is 9.32 Å². The Morgan fingerprint density at radius 3 is 2.52 bits per heavy atom. The van der Waals surface area contributed by atoms with Crippen LogP contribution >= 0.6 is 0 Å². The van der Waals surface area contributed by atoms with Crippen LogP contribution in [-0.4, -0.2) is 28.6 Å². The van der Waals surface area contributed by atoms with Crippen molar-refractivity contribution >= 4 is 5.91 Å². The van der Waals surface area contributed by atoms with Gasteiger partial charge in [0, 0.05) is 13.0 Å². The maximum Gasteiger partial charge on any atom is 0.234 e. The van der Waals surface area contributed by atoms with Gasteiger partial charge in [0.1, 0.15) is 0 Å². The molecule has 25 heavy (non-hydrogen) atoms. The number of carbonyl (C=O) groups is 1. The predicted molar refractivity (Wildman–Crippen MR) is 96.0 cm³/mol. The van der Waals surface area contributed by atoms with Gasteiger partial charge in [-0.2, -0.15) is 4.98 Å². The van der Waals surface area contributed by atoms with Gasteiger partial charge in [-0.15, -0.1) is 0 Å². The first-order valence-corrected chi connectivity index (χ1v) is 9.94. The molecule has 2 atom stereocenters. The fraction of sp³-hybridized carbons (Fsp3) is 0.842. The lowest BCUT2D eigenvalue weighted by Crippen LogP contribution is -2.50. The summed E-state index contributed by atoms with van der Waals surface area (Å²) in [7, 11) is 0. The molecule has 2 saturated carbocycles. The largest absolute Gasteiger partial charge is 0.352 e. The third-order valence-electron chi connectivity index (χ3n) is 5.96. The van der Waals surface area contributed by atoms with Crippen LogP contribution in [0, 0.1) is 12.8 Å². The van der Waals surface area contributed by atoms with Crippen molar-refractivity contribution in [2.24, 2.45) is 5.92 Å². The molecule has 6 heteroatoms. The Morgan fingerprint density at radius 2 is 1.88 bits per heavy atom. The van der Waals surface area contributed by atoms with E-state index in [-0.39, 0.29) is 11.4 Å². The summed E-state index contributed by atoms with van der Waals surface area (Å²) in [4.78, 5) is 17.0. The predicted octanol–water partition coefficient (Wildman–Crippen LogP) is 3.21. The van der Waals surface area contributed by atoms with Gasteiger partial charge in [-0.05, 0) is 31.6 Å². The van der Waals surface area contributed by atoms with Crippen molar-refractivity contribution in [3.8, 4) is 0 Å². The van der Waals surface area contributed by atoms with Crippen LogP contribution in [-0.2, 0) is 10.3 Å². The maximum atomic E-state index is 12.5. The monoisotopic (exact) mass is 348 g/mol. The zero-order valence-electron chi connectivity index (χ0n) is 15.6. The quantitative estimate of drug-likeness (QED) is 0.799. The number of nitrogens with zero attached hydrogens (tertiary/aromatic N) is 2. The SMILES string of the molecule is Cc1nc(C2(NCC(=O)N[C@H]3CCCC[C@@H]3C)CCCCCC2)no1. The molecule has 2 aliphatic carbocycles. The Balaban J connectivity index is 1.63. The fourth-order valence-corrected chi connectivity index (χ4v) is 4.34. The summed E-state index contributed by atoms with van der Waals surface area (Å²) >= 11 is 0. The first-order valence-electron chi connectivity index (χ1n) is 9.94. The molecular weight excluding hydrogens is 316 g/mol. The van der Waals surface area contributed by atoms with E-state index in [1.54, 1.807) is 0 Å². The second-order valence-electron chi connectivity index (χ2n) is 7.92. The summed E-state index contributed by atoms with van der Waals surface area (Å²) in [5.41, 5.74) is -0.330. The van der Waals surface area contributed by atoms with Crippen LogP contribution < -0.4 is 10.6 Å². The van der Waals surface area contributed by atoms with Gasteiger partial charge in [-0.3, -0.25) is 10.1 Å². The molecule has 0 saturated heterocycles. The topological polar surface area (TPSA) is 80.0 Å². The molecule has 0 aliphatic heterocycles. The molecule has 0 unspecified atom stereocenters. The van der Waals surface area contributed by atoms with Gasteiger partial charge < -0.3 is 9.84 Å². The van der Waals surface area contributed by atoms with E-state index in [1.807, 2.05) is 6.92 Å². The summed E-state index contributed by atoms with van der Waals surface area (Å²) in [5.74, 6) is 1.96. The van der Waals surface area contributed by atoms with Crippen LogP contribution in [0.1, 0.15) is 82.8 Å². The molecule has 1 aromatic heterocycles. The van der Waals surface area contributed by atoms with E-state index in [4.69, 9.17) is 4.52 Å². The summed E-state index contributed by atoms with van der Waals surface area (Å²) in [5, 5.41) is 10.9. The number of hydrogen-bond donors (Lipinski definition) is 2. The van der Waals surface area contributed by atoms with E-state index in [0.29, 0.717) is 30.2 Å². The van der Waals surface area contributed by atoms with Crippen LogP contribution in [0.2, 0.25) is 0 Å². The Hall–Kier alpha value is -1.43. The normalized spacial score (nSPS) is 26.8. The third kappa shape index (κ3) is 4.60. The lowest BCUT2D eigenvalue weighted by atomic mass is 9.86. The minimum absolute atomic E-state index is 0.0857. The average molecular weight is 348 g/mol. The Kier molecular flexibility index (Phi) is 6.10. The zero-order valence-corrected chi connectivity index (χ0v) is 15.6. The first-order chi connectivity index (χ1) is 12.1. The van der Waals surface area contributed by atoms with Crippen molar-refractivity contribution in [1.82, 2.24) is 20.8 Å². The summed E-state index contributed by atoms with van der Waals surface area (Å²) in [6.45, 7) is 4.38. The number of hydrogen-bond acceptors (Lipinski definition) is 5. The molecule has 2 aliphatic rings. The summed E-state index contributed by atoms with van der Waals surface area (Å²) in [6, 6.07) is 0.320. The van der Waals surface area contributed by atoms with Gasteiger partial charge in [0.05, 0.1) is 12.1 Å². The molecule has 0 bridgehead atoms. The molecule has 0 radical (unpaired) electrons. The van der Waals surface area contributed by atoms with E-state index >= 15 is 0 Å². The lowest BCUT2D eigenvalue weighted by molar-refractivity contribution is -0.122. The van der Waals surface area contributed by atoms with Gasteiger partial charge in [-0.25, -0.2) is 0 Å². The summed E-state index contributed by atoms with van der Waals surface area (Å²) < 4.78 is 5.22. The fourth-order valence-electron chi connectivity index (χ4n) is 4.34. The number of aromatic nitrogens is 2. The molecule has 6 nitrogen and oxygen atoms in total. The highest BCUT2D eigenvalue weighted by atomic mass is 16.5. The molecule has 0 aromatic carbocycles. The molecule has 1 amide bonds. The van der Waals surface area contributed by atoms with Gasteiger partial charge >= 0.3 is 0 Å². The second kappa shape index (κ2) is 8.30. The molecular formula is C19H32N4O2. The average Bonchev–Trinajstić information content (AvgIpc) is 2.90. The van der Waals surface area contributed by atoms with E-state index in [0.717, 1.165) is 32.1 Å². The molecule has 140 valence electrons. The number of rotatable bonds is 5. The molecule has 1 heterocycles. The van der Waals surface area contributed by atoms with E-state index in [1.165, 1.54) is 32.1 Å². The van der Waals surface area contributed by atoms with Crippen molar-refractivity contribution in [3.05, 3.63) is 11.7 Å². The highest BCUT2D eigenvalue weighted by molar-refractivity contribution is 5.78. The van der Waals surface area contributed by atoms with Crippen molar-refractivity contribution in [2.75, 3.05) is 6.54 Å². The minimum Gasteiger partial charge on any atom is -0.352 e. The van der Waals surface area contributed by atoms with E-state index in [2.05, 4.69) is 27.7 Å². The van der Waals surface area contributed by atoms with Crippen molar-refractivity contribution in [2.45, 2.75) is 89.6 Å². The Morgan fingerprint density at radius 1 is 1.16 bits per heavy atom. The van der Waals surface area contributed by atoms with Gasteiger partial charge in [0.2, 0.25) is 11.8 Å². The maximum absolute atomic E-state index is 12.5. The second-order valence-corrected chi connectivity index (χ2v) is 7.92. The lowest BCUT2D eigenvalue weighted by Gasteiger charge is -2.32. The molecule has 2 fully saturated rings. The smallest absolute Gasteiger partial charge is 0.234 e. The molecule has 2 N–H and O–H groups in total.